The fourth-order valence-electron chi connectivity index (χ4n) is 3.75. The molecule has 0 radical (unpaired) electrons. The molecule has 1 N–H and O–H groups in total. The third-order valence-corrected chi connectivity index (χ3v) is 5.29. The van der Waals surface area contributed by atoms with E-state index >= 15 is 0 Å². The van der Waals surface area contributed by atoms with E-state index < -0.39 is 0 Å². The van der Waals surface area contributed by atoms with Crippen molar-refractivity contribution < 1.29 is 14.3 Å². The Morgan fingerprint density at radius 2 is 1.85 bits per heavy atom. The number of hydrogen-bond donors (Lipinski definition) is 1. The van der Waals surface area contributed by atoms with Crippen LogP contribution in [0.15, 0.2) is 24.3 Å². The van der Waals surface area contributed by atoms with Gasteiger partial charge in [0.1, 0.15) is 5.75 Å². The second-order valence-corrected chi connectivity index (χ2v) is 7.36. The minimum Gasteiger partial charge on any atom is -0.482 e. The number of fused-ring (bicyclic) bond motifs is 1. The van der Waals surface area contributed by atoms with E-state index in [1.807, 2.05) is 24.3 Å². The number of likely N-dealkylation sites (tertiary alicyclic amines) is 1. The summed E-state index contributed by atoms with van der Waals surface area (Å²) in [6.45, 7) is 4.83. The smallest absolute Gasteiger partial charge is 0.265 e. The van der Waals surface area contributed by atoms with Crippen LogP contribution in [-0.2, 0) is 9.59 Å². The Morgan fingerprint density at radius 1 is 1.04 bits per heavy atom. The van der Waals surface area contributed by atoms with Crippen LogP contribution < -0.4 is 15.0 Å². The maximum absolute atomic E-state index is 12.1. The van der Waals surface area contributed by atoms with Gasteiger partial charge < -0.3 is 19.9 Å². The molecule has 0 bridgehead atoms. The van der Waals surface area contributed by atoms with Gasteiger partial charge in [-0.05, 0) is 57.5 Å². The number of nitrogens with one attached hydrogen (secondary N) is 1. The van der Waals surface area contributed by atoms with Gasteiger partial charge in [-0.3, -0.25) is 9.59 Å². The highest BCUT2D eigenvalue weighted by atomic mass is 16.5. The molecule has 2 amide bonds. The first kappa shape index (κ1) is 19.7. The third-order valence-electron chi connectivity index (χ3n) is 5.29. The van der Waals surface area contributed by atoms with Gasteiger partial charge in [-0.25, -0.2) is 0 Å². The highest BCUT2D eigenvalue weighted by Gasteiger charge is 2.25. The molecule has 6 nitrogen and oxygen atoms in total. The molecule has 0 unspecified atom stereocenters. The predicted octanol–water partition coefficient (Wildman–Crippen LogP) is 2.57. The Balaban J connectivity index is 1.29. The number of anilines is 1. The van der Waals surface area contributed by atoms with E-state index in [0.29, 0.717) is 25.3 Å². The van der Waals surface area contributed by atoms with Crippen LogP contribution in [0.1, 0.15) is 44.9 Å². The van der Waals surface area contributed by atoms with Crippen LogP contribution in [-0.4, -0.2) is 56.0 Å². The van der Waals surface area contributed by atoms with Crippen molar-refractivity contribution in [1.82, 2.24) is 10.2 Å². The first-order chi connectivity index (χ1) is 13.2. The third kappa shape index (κ3) is 5.96. The zero-order valence-corrected chi connectivity index (χ0v) is 16.1. The van der Waals surface area contributed by atoms with Crippen molar-refractivity contribution in [1.29, 1.82) is 0 Å². The number of unbranched alkanes of at least 4 members (excludes halogenated alkanes) is 2. The van der Waals surface area contributed by atoms with Crippen molar-refractivity contribution in [2.24, 2.45) is 0 Å². The molecule has 0 spiro atoms. The first-order valence-corrected chi connectivity index (χ1v) is 10.3. The molecule has 6 heteroatoms. The average Bonchev–Trinajstić information content (AvgIpc) is 2.70. The van der Waals surface area contributed by atoms with E-state index in [4.69, 9.17) is 4.74 Å². The molecule has 0 atom stereocenters. The van der Waals surface area contributed by atoms with Gasteiger partial charge in [-0.15, -0.1) is 0 Å². The summed E-state index contributed by atoms with van der Waals surface area (Å²) in [6, 6.07) is 7.45. The van der Waals surface area contributed by atoms with E-state index in [2.05, 4.69) is 10.2 Å². The topological polar surface area (TPSA) is 61.9 Å². The van der Waals surface area contributed by atoms with Gasteiger partial charge in [-0.1, -0.05) is 25.0 Å². The normalized spacial score (nSPS) is 17.3. The van der Waals surface area contributed by atoms with E-state index in [1.54, 1.807) is 4.90 Å². The lowest BCUT2D eigenvalue weighted by Crippen LogP contribution is -2.41. The fourth-order valence-corrected chi connectivity index (χ4v) is 3.75. The Morgan fingerprint density at radius 3 is 2.70 bits per heavy atom. The van der Waals surface area contributed by atoms with Crippen LogP contribution in [0.5, 0.6) is 5.75 Å². The van der Waals surface area contributed by atoms with E-state index in [0.717, 1.165) is 18.5 Å². The monoisotopic (exact) mass is 373 g/mol. The molecular formula is C21H31N3O3. The second kappa shape index (κ2) is 10.3. The Bertz CT molecular complexity index is 629. The molecule has 0 saturated carbocycles. The van der Waals surface area contributed by atoms with E-state index in [9.17, 15) is 9.59 Å². The highest BCUT2D eigenvalue weighted by molar-refractivity contribution is 5.98. The SMILES string of the molecule is O=C(CCN1C(=O)COc2ccccc21)NCCCCCN1CCCCC1. The number of hydrogen-bond acceptors (Lipinski definition) is 4. The average molecular weight is 373 g/mol. The van der Waals surface area contributed by atoms with Gasteiger partial charge in [0, 0.05) is 19.5 Å². The van der Waals surface area contributed by atoms with Gasteiger partial charge in [0.25, 0.3) is 5.91 Å². The molecular weight excluding hydrogens is 342 g/mol. The number of amides is 2. The summed E-state index contributed by atoms with van der Waals surface area (Å²) >= 11 is 0. The molecule has 2 heterocycles. The molecule has 1 fully saturated rings. The van der Waals surface area contributed by atoms with Gasteiger partial charge in [0.15, 0.2) is 6.61 Å². The van der Waals surface area contributed by atoms with Gasteiger partial charge in [0.2, 0.25) is 5.91 Å². The number of rotatable bonds is 9. The van der Waals surface area contributed by atoms with Crippen molar-refractivity contribution in [3.63, 3.8) is 0 Å². The minimum absolute atomic E-state index is 0.00260. The summed E-state index contributed by atoms with van der Waals surface area (Å²) in [5.74, 6) is 0.605. The van der Waals surface area contributed by atoms with Gasteiger partial charge in [-0.2, -0.15) is 0 Å². The molecule has 0 aromatic heterocycles. The summed E-state index contributed by atoms with van der Waals surface area (Å²) < 4.78 is 5.42. The summed E-state index contributed by atoms with van der Waals surface area (Å²) in [7, 11) is 0. The lowest BCUT2D eigenvalue weighted by Gasteiger charge is -2.29. The van der Waals surface area contributed by atoms with Crippen molar-refractivity contribution in [3.05, 3.63) is 24.3 Å². The van der Waals surface area contributed by atoms with Crippen LogP contribution in [0.3, 0.4) is 0 Å². The van der Waals surface area contributed by atoms with Gasteiger partial charge in [0.05, 0.1) is 5.69 Å². The molecule has 27 heavy (non-hydrogen) atoms. The van der Waals surface area contributed by atoms with E-state index in [-0.39, 0.29) is 18.4 Å². The molecule has 3 rings (SSSR count). The molecule has 148 valence electrons. The van der Waals surface area contributed by atoms with Crippen LogP contribution in [0.2, 0.25) is 0 Å². The standard InChI is InChI=1S/C21H31N3O3/c25-20(22-12-5-1-6-13-23-14-7-2-8-15-23)11-16-24-18-9-3-4-10-19(18)27-17-21(24)26/h3-4,9-10H,1-2,5-8,11-17H2,(H,22,25). The summed E-state index contributed by atoms with van der Waals surface area (Å²) in [5, 5.41) is 2.98. The van der Waals surface area contributed by atoms with Crippen LogP contribution >= 0.6 is 0 Å². The number of carbonyl (C=O) groups is 2. The van der Waals surface area contributed by atoms with Crippen molar-refractivity contribution >= 4 is 17.5 Å². The molecule has 1 aromatic rings. The number of ether oxygens (including phenoxy) is 1. The molecule has 2 aliphatic heterocycles. The second-order valence-electron chi connectivity index (χ2n) is 7.36. The number of carbonyl (C=O) groups excluding carboxylic acids is 2. The maximum atomic E-state index is 12.1. The summed E-state index contributed by atoms with van der Waals surface area (Å²) in [4.78, 5) is 28.4. The predicted molar refractivity (Wildman–Crippen MR) is 106 cm³/mol. The van der Waals surface area contributed by atoms with Crippen molar-refractivity contribution in [3.8, 4) is 5.75 Å². The first-order valence-electron chi connectivity index (χ1n) is 10.3. The quantitative estimate of drug-likeness (QED) is 0.676. The van der Waals surface area contributed by atoms with Crippen LogP contribution in [0.25, 0.3) is 0 Å². The molecule has 2 aliphatic rings. The Kier molecular flexibility index (Phi) is 7.51. The zero-order chi connectivity index (χ0) is 18.9. The van der Waals surface area contributed by atoms with Crippen molar-refractivity contribution in [2.45, 2.75) is 44.9 Å². The number of para-hydroxylation sites is 2. The van der Waals surface area contributed by atoms with Gasteiger partial charge >= 0.3 is 0 Å². The summed E-state index contributed by atoms with van der Waals surface area (Å²) in [5.41, 5.74) is 0.749. The lowest BCUT2D eigenvalue weighted by atomic mass is 10.1. The van der Waals surface area contributed by atoms with Crippen molar-refractivity contribution in [2.75, 3.05) is 44.2 Å². The highest BCUT2D eigenvalue weighted by Crippen LogP contribution is 2.31. The molecule has 0 aliphatic carbocycles. The van der Waals surface area contributed by atoms with Crippen LogP contribution in [0.4, 0.5) is 5.69 Å². The maximum Gasteiger partial charge on any atom is 0.265 e. The fraction of sp³-hybridized carbons (Fsp3) is 0.619. The number of benzene rings is 1. The minimum atomic E-state index is -0.0980. The zero-order valence-electron chi connectivity index (χ0n) is 16.1. The Labute approximate surface area is 161 Å². The number of nitrogens with zero attached hydrogens (tertiary/aromatic N) is 2. The lowest BCUT2D eigenvalue weighted by molar-refractivity contribution is -0.122. The number of piperidine rings is 1. The van der Waals surface area contributed by atoms with E-state index in [1.165, 1.54) is 45.3 Å². The largest absolute Gasteiger partial charge is 0.482 e. The molecule has 1 saturated heterocycles. The Hall–Kier alpha value is -2.08. The summed E-state index contributed by atoms with van der Waals surface area (Å²) in [6.07, 6.45) is 7.73. The van der Waals surface area contributed by atoms with Crippen LogP contribution in [0, 0.1) is 0 Å². The molecule has 1 aromatic carbocycles.